The molecule has 1 unspecified atom stereocenters. The number of carbonyl (C=O) groups is 2. The van der Waals surface area contributed by atoms with Gasteiger partial charge in [-0.3, -0.25) is 24.9 Å². The zero-order valence-corrected chi connectivity index (χ0v) is 17.0. The second-order valence-electron chi connectivity index (χ2n) is 7.51. The Morgan fingerprint density at radius 2 is 1.76 bits per heavy atom. The fourth-order valence-electron chi connectivity index (χ4n) is 4.12. The molecule has 4 aromatic rings. The Morgan fingerprint density at radius 3 is 2.42 bits per heavy atom. The molecule has 0 saturated heterocycles. The minimum Gasteiger partial charge on any atom is -0.478 e. The number of H-pyrrole nitrogens is 1. The highest BCUT2D eigenvalue weighted by Crippen LogP contribution is 2.45. The first kappa shape index (κ1) is 20.1. The summed E-state index contributed by atoms with van der Waals surface area (Å²) in [4.78, 5) is 37.2. The van der Waals surface area contributed by atoms with Crippen molar-refractivity contribution in [1.29, 1.82) is 0 Å². The van der Waals surface area contributed by atoms with E-state index in [0.29, 0.717) is 22.5 Å². The number of aromatic carboxylic acids is 1. The quantitative estimate of drug-likeness (QED) is 0.349. The van der Waals surface area contributed by atoms with Crippen molar-refractivity contribution in [2.24, 2.45) is 0 Å². The van der Waals surface area contributed by atoms with Crippen molar-refractivity contribution in [2.75, 3.05) is 4.90 Å². The summed E-state index contributed by atoms with van der Waals surface area (Å²) in [5.41, 5.74) is 3.24. The molecule has 0 saturated carbocycles. The number of benzene rings is 3. The molecule has 33 heavy (non-hydrogen) atoms. The highest BCUT2D eigenvalue weighted by Gasteiger charge is 2.43. The maximum Gasteiger partial charge on any atom is 0.335 e. The molecule has 162 valence electrons. The third-order valence-corrected chi connectivity index (χ3v) is 5.60. The van der Waals surface area contributed by atoms with Crippen molar-refractivity contribution in [3.63, 3.8) is 0 Å². The van der Waals surface area contributed by atoms with Gasteiger partial charge in [-0.15, -0.1) is 0 Å². The van der Waals surface area contributed by atoms with Crippen molar-refractivity contribution in [3.8, 4) is 11.3 Å². The number of non-ortho nitro benzene ring substituents is 1. The molecule has 1 amide bonds. The smallest absolute Gasteiger partial charge is 0.335 e. The van der Waals surface area contributed by atoms with E-state index in [4.69, 9.17) is 0 Å². The van der Waals surface area contributed by atoms with Crippen LogP contribution in [0, 0.1) is 10.1 Å². The van der Waals surface area contributed by atoms with E-state index in [0.717, 1.165) is 5.56 Å². The van der Waals surface area contributed by atoms with Crippen molar-refractivity contribution in [1.82, 2.24) is 10.2 Å². The summed E-state index contributed by atoms with van der Waals surface area (Å²) in [6.45, 7) is 0. The van der Waals surface area contributed by atoms with Crippen LogP contribution in [0.3, 0.4) is 0 Å². The van der Waals surface area contributed by atoms with Gasteiger partial charge in [0.15, 0.2) is 0 Å². The van der Waals surface area contributed by atoms with Crippen LogP contribution in [-0.4, -0.2) is 32.1 Å². The van der Waals surface area contributed by atoms with E-state index < -0.39 is 16.9 Å². The van der Waals surface area contributed by atoms with Crippen LogP contribution in [0.25, 0.3) is 11.3 Å². The summed E-state index contributed by atoms with van der Waals surface area (Å²) in [5.74, 6) is -1.44. The number of aromatic amines is 1. The normalized spacial score (nSPS) is 14.8. The third kappa shape index (κ3) is 3.32. The number of nitro benzene ring substituents is 1. The summed E-state index contributed by atoms with van der Waals surface area (Å²) in [6, 6.07) is 20.7. The standard InChI is InChI=1S/C24H16N4O5/c29-23-21-19(20(25-26-21)14-5-2-1-3-6-14)22(16-7-4-8-18(13-16)28(32)33)27(23)17-11-9-15(10-12-17)24(30)31/h1-13,22H,(H,25,26)(H,30,31). The van der Waals surface area contributed by atoms with Crippen LogP contribution in [0.2, 0.25) is 0 Å². The molecule has 2 heterocycles. The maximum atomic E-state index is 13.5. The van der Waals surface area contributed by atoms with Crippen LogP contribution >= 0.6 is 0 Å². The van der Waals surface area contributed by atoms with Crippen LogP contribution in [0.1, 0.15) is 38.0 Å². The molecule has 0 bridgehead atoms. The van der Waals surface area contributed by atoms with E-state index >= 15 is 0 Å². The average Bonchev–Trinajstić information content (AvgIpc) is 3.38. The lowest BCUT2D eigenvalue weighted by atomic mass is 9.95. The molecular formula is C24H16N4O5. The van der Waals surface area contributed by atoms with Crippen LogP contribution in [0.4, 0.5) is 11.4 Å². The van der Waals surface area contributed by atoms with Crippen LogP contribution < -0.4 is 4.90 Å². The Morgan fingerprint density at radius 1 is 1.03 bits per heavy atom. The number of nitrogens with one attached hydrogen (secondary N) is 1. The molecule has 1 aromatic heterocycles. The number of hydrogen-bond acceptors (Lipinski definition) is 5. The van der Waals surface area contributed by atoms with Gasteiger partial charge in [0.1, 0.15) is 5.69 Å². The van der Waals surface area contributed by atoms with E-state index in [1.54, 1.807) is 24.3 Å². The third-order valence-electron chi connectivity index (χ3n) is 5.60. The summed E-state index contributed by atoms with van der Waals surface area (Å²) >= 11 is 0. The Hall–Kier alpha value is -4.79. The SMILES string of the molecule is O=C(O)c1ccc(N2C(=O)c3[nH]nc(-c4ccccc4)c3C2c2cccc([N+](=O)[O-])c2)cc1. The van der Waals surface area contributed by atoms with Crippen LogP contribution in [-0.2, 0) is 0 Å². The number of rotatable bonds is 5. The molecule has 2 N–H and O–H groups in total. The molecule has 0 spiro atoms. The van der Waals surface area contributed by atoms with Crippen molar-refractivity contribution in [3.05, 3.63) is 111 Å². The Bertz CT molecular complexity index is 1400. The molecule has 1 aliphatic rings. The summed E-state index contributed by atoms with van der Waals surface area (Å²) < 4.78 is 0. The molecule has 1 atom stereocenters. The van der Waals surface area contributed by atoms with Gasteiger partial charge in [0.25, 0.3) is 11.6 Å². The highest BCUT2D eigenvalue weighted by molar-refractivity contribution is 6.12. The van der Waals surface area contributed by atoms with E-state index in [1.807, 2.05) is 30.3 Å². The van der Waals surface area contributed by atoms with Gasteiger partial charge in [-0.25, -0.2) is 4.79 Å². The number of anilines is 1. The molecular weight excluding hydrogens is 424 g/mol. The topological polar surface area (TPSA) is 129 Å². The lowest BCUT2D eigenvalue weighted by molar-refractivity contribution is -0.384. The van der Waals surface area contributed by atoms with Gasteiger partial charge in [0.2, 0.25) is 0 Å². The monoisotopic (exact) mass is 440 g/mol. The Kier molecular flexibility index (Phi) is 4.71. The molecule has 5 rings (SSSR count). The van der Waals surface area contributed by atoms with Gasteiger partial charge in [0.05, 0.1) is 22.2 Å². The van der Waals surface area contributed by atoms with Gasteiger partial charge >= 0.3 is 5.97 Å². The van der Waals surface area contributed by atoms with Gasteiger partial charge in [0, 0.05) is 28.9 Å². The zero-order chi connectivity index (χ0) is 23.1. The molecule has 0 fully saturated rings. The molecule has 1 aliphatic heterocycles. The van der Waals surface area contributed by atoms with Crippen molar-refractivity contribution in [2.45, 2.75) is 6.04 Å². The predicted molar refractivity (Wildman–Crippen MR) is 119 cm³/mol. The second kappa shape index (κ2) is 7.72. The number of nitrogens with zero attached hydrogens (tertiary/aromatic N) is 3. The minimum absolute atomic E-state index is 0.0856. The largest absolute Gasteiger partial charge is 0.478 e. The molecule has 9 heteroatoms. The minimum atomic E-state index is -1.08. The number of amides is 1. The molecule has 3 aromatic carbocycles. The molecule has 0 aliphatic carbocycles. The highest BCUT2D eigenvalue weighted by atomic mass is 16.6. The molecule has 9 nitrogen and oxygen atoms in total. The van der Waals surface area contributed by atoms with E-state index in [2.05, 4.69) is 10.2 Å². The maximum absolute atomic E-state index is 13.5. The lowest BCUT2D eigenvalue weighted by Crippen LogP contribution is -2.29. The number of carboxylic acid groups (broad SMARTS) is 1. The van der Waals surface area contributed by atoms with Crippen LogP contribution in [0.15, 0.2) is 78.9 Å². The van der Waals surface area contributed by atoms with Gasteiger partial charge in [-0.2, -0.15) is 5.10 Å². The predicted octanol–water partition coefficient (Wildman–Crippen LogP) is 4.43. The number of carboxylic acids is 1. The molecule has 0 radical (unpaired) electrons. The number of carbonyl (C=O) groups excluding carboxylic acids is 1. The van der Waals surface area contributed by atoms with Crippen LogP contribution in [0.5, 0.6) is 0 Å². The Labute approximate surface area is 187 Å². The van der Waals surface area contributed by atoms with Gasteiger partial charge in [-0.1, -0.05) is 42.5 Å². The number of aromatic nitrogens is 2. The number of fused-ring (bicyclic) bond motifs is 1. The fourth-order valence-corrected chi connectivity index (χ4v) is 4.12. The first-order chi connectivity index (χ1) is 16.0. The lowest BCUT2D eigenvalue weighted by Gasteiger charge is -2.26. The number of hydrogen-bond donors (Lipinski definition) is 2. The van der Waals surface area contributed by atoms with Gasteiger partial charge < -0.3 is 5.11 Å². The fraction of sp³-hybridized carbons (Fsp3) is 0.0417. The van der Waals surface area contributed by atoms with E-state index in [-0.39, 0.29) is 22.9 Å². The Balaban J connectivity index is 1.71. The first-order valence-corrected chi connectivity index (χ1v) is 10.0. The number of nitro groups is 1. The average molecular weight is 440 g/mol. The van der Waals surface area contributed by atoms with Crippen molar-refractivity contribution >= 4 is 23.3 Å². The van der Waals surface area contributed by atoms with E-state index in [1.165, 1.54) is 29.2 Å². The van der Waals surface area contributed by atoms with Gasteiger partial charge in [-0.05, 0) is 29.8 Å². The summed E-state index contributed by atoms with van der Waals surface area (Å²) in [6.07, 6.45) is 0. The summed E-state index contributed by atoms with van der Waals surface area (Å²) in [5, 5.41) is 27.8. The van der Waals surface area contributed by atoms with Crippen molar-refractivity contribution < 1.29 is 19.6 Å². The first-order valence-electron chi connectivity index (χ1n) is 10.0. The second-order valence-corrected chi connectivity index (χ2v) is 7.51. The summed E-state index contributed by atoms with van der Waals surface area (Å²) in [7, 11) is 0. The van der Waals surface area contributed by atoms with E-state index in [9.17, 15) is 24.8 Å². The zero-order valence-electron chi connectivity index (χ0n) is 17.0.